The van der Waals surface area contributed by atoms with Gasteiger partial charge in [0.05, 0.1) is 17.6 Å². The molecule has 0 saturated heterocycles. The second-order valence-corrected chi connectivity index (χ2v) is 8.69. The number of hydrogen-bond acceptors (Lipinski definition) is 3. The summed E-state index contributed by atoms with van der Waals surface area (Å²) in [7, 11) is 0. The maximum absolute atomic E-state index is 12.7. The zero-order valence-electron chi connectivity index (χ0n) is 20.3. The minimum atomic E-state index is -0.0392. The topological polar surface area (TPSA) is 56.1 Å². The zero-order chi connectivity index (χ0) is 23.9. The number of benzene rings is 3. The largest absolute Gasteiger partial charge is 0.494 e. The molecule has 5 nitrogen and oxygen atoms in total. The van der Waals surface area contributed by atoms with E-state index in [0.717, 1.165) is 58.7 Å². The van der Waals surface area contributed by atoms with Crippen LogP contribution in [0.4, 0.5) is 0 Å². The summed E-state index contributed by atoms with van der Waals surface area (Å²) in [5, 5.41) is 3.06. The maximum atomic E-state index is 12.7. The number of nitrogens with zero attached hydrogens (tertiary/aromatic N) is 2. The number of para-hydroxylation sites is 2. The minimum absolute atomic E-state index is 0.0392. The van der Waals surface area contributed by atoms with Gasteiger partial charge in [0, 0.05) is 25.1 Å². The third-order valence-electron chi connectivity index (χ3n) is 6.12. The van der Waals surface area contributed by atoms with Crippen LogP contribution in [0.25, 0.3) is 11.0 Å². The molecule has 0 aliphatic rings. The molecule has 4 rings (SSSR count). The van der Waals surface area contributed by atoms with Crippen LogP contribution in [0.1, 0.15) is 46.2 Å². The van der Waals surface area contributed by atoms with E-state index in [9.17, 15) is 4.79 Å². The molecule has 1 amide bonds. The fourth-order valence-electron chi connectivity index (χ4n) is 4.25. The number of aromatic nitrogens is 2. The molecule has 0 bridgehead atoms. The highest BCUT2D eigenvalue weighted by molar-refractivity contribution is 5.95. The molecule has 1 aromatic heterocycles. The van der Waals surface area contributed by atoms with E-state index < -0.39 is 0 Å². The first-order valence-electron chi connectivity index (χ1n) is 12.1. The van der Waals surface area contributed by atoms with Crippen molar-refractivity contribution in [2.45, 2.75) is 46.6 Å². The Hall–Kier alpha value is -3.60. The lowest BCUT2D eigenvalue weighted by Crippen LogP contribution is -2.27. The van der Waals surface area contributed by atoms with E-state index in [0.29, 0.717) is 19.6 Å². The van der Waals surface area contributed by atoms with E-state index in [1.807, 2.05) is 62.4 Å². The highest BCUT2D eigenvalue weighted by atomic mass is 16.5. The van der Waals surface area contributed by atoms with Gasteiger partial charge >= 0.3 is 0 Å². The number of nitrogens with one attached hydrogen (secondary N) is 1. The molecule has 0 aliphatic carbocycles. The zero-order valence-corrected chi connectivity index (χ0v) is 20.3. The van der Waals surface area contributed by atoms with E-state index in [1.54, 1.807) is 0 Å². The fourth-order valence-corrected chi connectivity index (χ4v) is 4.25. The summed E-state index contributed by atoms with van der Waals surface area (Å²) in [6.45, 7) is 8.15. The molecule has 0 spiro atoms. The fraction of sp³-hybridized carbons (Fsp3) is 0.310. The Kier molecular flexibility index (Phi) is 7.63. The van der Waals surface area contributed by atoms with Crippen LogP contribution in [0.2, 0.25) is 0 Å². The van der Waals surface area contributed by atoms with Gasteiger partial charge in [0.1, 0.15) is 11.6 Å². The van der Waals surface area contributed by atoms with E-state index in [4.69, 9.17) is 9.72 Å². The molecule has 176 valence electrons. The van der Waals surface area contributed by atoms with Crippen LogP contribution >= 0.6 is 0 Å². The van der Waals surface area contributed by atoms with E-state index >= 15 is 0 Å². The number of amides is 1. The maximum Gasteiger partial charge on any atom is 0.251 e. The number of carbonyl (C=O) groups excluding carboxylic acids is 1. The lowest BCUT2D eigenvalue weighted by molar-refractivity contribution is 0.0953. The monoisotopic (exact) mass is 455 g/mol. The van der Waals surface area contributed by atoms with Crippen LogP contribution in [0.5, 0.6) is 5.75 Å². The van der Waals surface area contributed by atoms with Gasteiger partial charge in [-0.15, -0.1) is 0 Å². The Morgan fingerprint density at radius 1 is 1.03 bits per heavy atom. The Bertz CT molecular complexity index is 1260. The van der Waals surface area contributed by atoms with E-state index in [2.05, 4.69) is 35.0 Å². The summed E-state index contributed by atoms with van der Waals surface area (Å²) in [6, 6.07) is 22.4. The minimum Gasteiger partial charge on any atom is -0.494 e. The molecule has 0 fully saturated rings. The van der Waals surface area contributed by atoms with Crippen LogP contribution in [0.15, 0.2) is 66.7 Å². The first-order valence-corrected chi connectivity index (χ1v) is 12.1. The highest BCUT2D eigenvalue weighted by Crippen LogP contribution is 2.18. The Balaban J connectivity index is 1.37. The van der Waals surface area contributed by atoms with Crippen LogP contribution < -0.4 is 10.1 Å². The lowest BCUT2D eigenvalue weighted by Gasteiger charge is -2.12. The molecule has 0 radical (unpaired) electrons. The van der Waals surface area contributed by atoms with Gasteiger partial charge < -0.3 is 14.6 Å². The predicted molar refractivity (Wildman–Crippen MR) is 138 cm³/mol. The highest BCUT2D eigenvalue weighted by Gasteiger charge is 2.12. The van der Waals surface area contributed by atoms with Crippen molar-refractivity contribution in [2.24, 2.45) is 0 Å². The van der Waals surface area contributed by atoms with Crippen LogP contribution in [-0.2, 0) is 19.4 Å². The average molecular weight is 456 g/mol. The van der Waals surface area contributed by atoms with Crippen molar-refractivity contribution in [2.75, 3.05) is 13.2 Å². The Labute approximate surface area is 201 Å². The van der Waals surface area contributed by atoms with Gasteiger partial charge in [-0.05, 0) is 68.1 Å². The lowest BCUT2D eigenvalue weighted by atomic mass is 10.1. The molecule has 4 aromatic rings. The molecule has 1 heterocycles. The quantitative estimate of drug-likeness (QED) is 0.314. The molecule has 34 heavy (non-hydrogen) atoms. The average Bonchev–Trinajstić information content (AvgIpc) is 3.19. The number of fused-ring (bicyclic) bond motifs is 1. The molecular weight excluding hydrogens is 422 g/mol. The third kappa shape index (κ3) is 5.66. The number of hydrogen-bond donors (Lipinski definition) is 1. The first-order chi connectivity index (χ1) is 16.5. The second kappa shape index (κ2) is 11.0. The molecule has 0 unspecified atom stereocenters. The van der Waals surface area contributed by atoms with Gasteiger partial charge in [0.15, 0.2) is 0 Å². The number of rotatable bonds is 10. The number of aryl methyl sites for hydroxylation is 4. The van der Waals surface area contributed by atoms with Gasteiger partial charge in [-0.3, -0.25) is 4.79 Å². The van der Waals surface area contributed by atoms with Gasteiger partial charge in [0.25, 0.3) is 5.91 Å². The summed E-state index contributed by atoms with van der Waals surface area (Å²) in [6.07, 6.45) is 2.57. The molecule has 0 saturated carbocycles. The summed E-state index contributed by atoms with van der Waals surface area (Å²) in [4.78, 5) is 17.5. The van der Waals surface area contributed by atoms with Crippen molar-refractivity contribution in [3.63, 3.8) is 0 Å². The van der Waals surface area contributed by atoms with Crippen molar-refractivity contribution < 1.29 is 9.53 Å². The number of carbonyl (C=O) groups is 1. The van der Waals surface area contributed by atoms with Gasteiger partial charge in [-0.1, -0.05) is 48.9 Å². The molecule has 0 atom stereocenters. The first kappa shape index (κ1) is 23.6. The second-order valence-electron chi connectivity index (χ2n) is 8.69. The van der Waals surface area contributed by atoms with Crippen LogP contribution in [-0.4, -0.2) is 28.6 Å². The number of ether oxygens (including phenoxy) is 1. The van der Waals surface area contributed by atoms with E-state index in [-0.39, 0.29) is 5.91 Å². The van der Waals surface area contributed by atoms with Crippen molar-refractivity contribution in [3.8, 4) is 5.75 Å². The van der Waals surface area contributed by atoms with E-state index in [1.165, 1.54) is 5.56 Å². The summed E-state index contributed by atoms with van der Waals surface area (Å²) >= 11 is 0. The van der Waals surface area contributed by atoms with Crippen molar-refractivity contribution in [3.05, 3.63) is 94.8 Å². The molecule has 3 aromatic carbocycles. The predicted octanol–water partition coefficient (Wildman–Crippen LogP) is 5.66. The molecular formula is C29H33N3O2. The normalized spacial score (nSPS) is 11.0. The summed E-state index contributed by atoms with van der Waals surface area (Å²) in [5.74, 6) is 1.85. The molecule has 1 N–H and O–H groups in total. The summed E-state index contributed by atoms with van der Waals surface area (Å²) < 4.78 is 8.20. The number of imidazole rings is 1. The van der Waals surface area contributed by atoms with Crippen molar-refractivity contribution in [1.82, 2.24) is 14.9 Å². The van der Waals surface area contributed by atoms with Gasteiger partial charge in [-0.2, -0.15) is 0 Å². The smallest absolute Gasteiger partial charge is 0.251 e. The molecule has 5 heteroatoms. The van der Waals surface area contributed by atoms with Crippen molar-refractivity contribution in [1.29, 1.82) is 0 Å². The standard InChI is InChI=1S/C29H33N3O2/c1-4-23-11-13-24(14-12-23)34-19-7-18-32-27-9-6-5-8-26(27)31-28(32)16-17-30-29(33)25-15-10-21(2)20-22(25)3/h5-6,8-15,20H,4,7,16-19H2,1-3H3,(H,30,33). The summed E-state index contributed by atoms with van der Waals surface area (Å²) in [5.41, 5.74) is 6.29. The van der Waals surface area contributed by atoms with Gasteiger partial charge in [-0.25, -0.2) is 4.98 Å². The van der Waals surface area contributed by atoms with Gasteiger partial charge in [0.2, 0.25) is 0 Å². The SMILES string of the molecule is CCc1ccc(OCCCn2c(CCNC(=O)c3ccc(C)cc3C)nc3ccccc32)cc1. The molecule has 0 aliphatic heterocycles. The Morgan fingerprint density at radius 3 is 2.59 bits per heavy atom. The third-order valence-corrected chi connectivity index (χ3v) is 6.12. The Morgan fingerprint density at radius 2 is 1.82 bits per heavy atom. The van der Waals surface area contributed by atoms with Crippen LogP contribution in [0, 0.1) is 13.8 Å². The van der Waals surface area contributed by atoms with Crippen LogP contribution in [0.3, 0.4) is 0 Å². The van der Waals surface area contributed by atoms with Crippen molar-refractivity contribution >= 4 is 16.9 Å².